The zero-order chi connectivity index (χ0) is 29.3. The maximum absolute atomic E-state index is 13.1. The molecule has 0 bridgehead atoms. The highest BCUT2D eigenvalue weighted by Gasteiger charge is 2.37. The first-order valence-electron chi connectivity index (χ1n) is 11.4. The van der Waals surface area contributed by atoms with Crippen molar-refractivity contribution in [3.8, 4) is 0 Å². The number of nitrogens with one attached hydrogen (secondary N) is 3. The number of benzene rings is 2. The summed E-state index contributed by atoms with van der Waals surface area (Å²) in [5.41, 5.74) is -2.14. The minimum atomic E-state index is -5.05. The Hall–Kier alpha value is -3.81. The van der Waals surface area contributed by atoms with Gasteiger partial charge in [0, 0.05) is 24.1 Å². The molecular weight excluding hydrogens is 550 g/mol. The Kier molecular flexibility index (Phi) is 8.48. The molecule has 0 aromatic heterocycles. The number of carbonyl (C=O) groups is 2. The van der Waals surface area contributed by atoms with Crippen LogP contribution in [0.5, 0.6) is 0 Å². The first kappa shape index (κ1) is 29.7. The number of halogens is 6. The number of amides is 2. The van der Waals surface area contributed by atoms with Crippen molar-refractivity contribution in [1.29, 1.82) is 0 Å². The second-order valence-corrected chi connectivity index (χ2v) is 9.28. The SMILES string of the molecule is CC1=C(C(=O)OC(C)C)[C@H](c2ccc(NC(=O)Nc3cc(C(F)(F)F)cc(C(F)(F)F)c3)cc2)NC(=S)N1C. The van der Waals surface area contributed by atoms with Crippen LogP contribution >= 0.6 is 12.2 Å². The lowest BCUT2D eigenvalue weighted by Crippen LogP contribution is -2.46. The van der Waals surface area contributed by atoms with Gasteiger partial charge in [-0.05, 0) is 68.9 Å². The smallest absolute Gasteiger partial charge is 0.416 e. The topological polar surface area (TPSA) is 82.7 Å². The van der Waals surface area contributed by atoms with Gasteiger partial charge in [0.2, 0.25) is 0 Å². The highest BCUT2D eigenvalue weighted by molar-refractivity contribution is 7.80. The number of ether oxygens (including phenoxy) is 1. The molecule has 0 saturated heterocycles. The van der Waals surface area contributed by atoms with Gasteiger partial charge in [0.1, 0.15) is 0 Å². The number of anilines is 2. The van der Waals surface area contributed by atoms with Gasteiger partial charge in [-0.3, -0.25) is 0 Å². The van der Waals surface area contributed by atoms with Crippen LogP contribution in [0.2, 0.25) is 0 Å². The second-order valence-electron chi connectivity index (χ2n) is 8.89. The lowest BCUT2D eigenvalue weighted by molar-refractivity contribution is -0.144. The summed E-state index contributed by atoms with van der Waals surface area (Å²) in [7, 11) is 1.69. The largest absolute Gasteiger partial charge is 0.459 e. The van der Waals surface area contributed by atoms with Gasteiger partial charge >= 0.3 is 24.4 Å². The number of alkyl halides is 6. The van der Waals surface area contributed by atoms with E-state index in [0.717, 1.165) is 0 Å². The molecule has 0 radical (unpaired) electrons. The monoisotopic (exact) mass is 574 g/mol. The lowest BCUT2D eigenvalue weighted by atomic mass is 9.95. The Morgan fingerprint density at radius 3 is 1.95 bits per heavy atom. The quantitative estimate of drug-likeness (QED) is 0.216. The van der Waals surface area contributed by atoms with Gasteiger partial charge in [-0.25, -0.2) is 9.59 Å². The van der Waals surface area contributed by atoms with E-state index in [9.17, 15) is 35.9 Å². The molecule has 7 nitrogen and oxygen atoms in total. The second kappa shape index (κ2) is 11.1. The first-order valence-corrected chi connectivity index (χ1v) is 11.8. The average molecular weight is 575 g/mol. The van der Waals surface area contributed by atoms with Crippen LogP contribution in [0.4, 0.5) is 42.5 Å². The molecule has 1 atom stereocenters. The molecule has 3 N–H and O–H groups in total. The minimum absolute atomic E-state index is 0.0358. The van der Waals surface area contributed by atoms with Crippen LogP contribution in [0, 0.1) is 0 Å². The summed E-state index contributed by atoms with van der Waals surface area (Å²) in [5.74, 6) is -0.546. The molecule has 14 heteroatoms. The number of rotatable bonds is 5. The lowest BCUT2D eigenvalue weighted by Gasteiger charge is -2.35. The van der Waals surface area contributed by atoms with E-state index in [1.165, 1.54) is 12.1 Å². The molecule has 1 heterocycles. The Labute approximate surface area is 225 Å². The van der Waals surface area contributed by atoms with Crippen LogP contribution in [0.25, 0.3) is 0 Å². The molecular formula is C25H24F6N4O3S. The van der Waals surface area contributed by atoms with Crippen molar-refractivity contribution in [3.05, 3.63) is 70.4 Å². The molecule has 39 heavy (non-hydrogen) atoms. The summed E-state index contributed by atoms with van der Waals surface area (Å²) in [6.45, 7) is 5.14. The summed E-state index contributed by atoms with van der Waals surface area (Å²) in [5, 5.41) is 7.77. The van der Waals surface area contributed by atoms with Gasteiger partial charge in [-0.2, -0.15) is 26.3 Å². The molecule has 3 rings (SSSR count). The summed E-state index contributed by atoms with van der Waals surface area (Å²) in [6, 6.07) is 5.08. The van der Waals surface area contributed by atoms with Gasteiger partial charge in [-0.1, -0.05) is 12.1 Å². The van der Waals surface area contributed by atoms with E-state index >= 15 is 0 Å². The van der Waals surface area contributed by atoms with Crippen LogP contribution in [0.15, 0.2) is 53.7 Å². The first-order chi connectivity index (χ1) is 18.0. The van der Waals surface area contributed by atoms with Crippen molar-refractivity contribution in [2.45, 2.75) is 45.3 Å². The number of hydrogen-bond donors (Lipinski definition) is 3. The van der Waals surface area contributed by atoms with E-state index in [1.807, 2.05) is 5.32 Å². The summed E-state index contributed by atoms with van der Waals surface area (Å²) in [6.07, 6.45) is -10.5. The number of thiocarbonyl (C=S) groups is 1. The molecule has 0 aliphatic carbocycles. The normalized spacial score (nSPS) is 16.2. The predicted molar refractivity (Wildman–Crippen MR) is 136 cm³/mol. The van der Waals surface area contributed by atoms with Crippen molar-refractivity contribution in [2.24, 2.45) is 0 Å². The third-order valence-corrected chi connectivity index (χ3v) is 6.06. The van der Waals surface area contributed by atoms with E-state index in [4.69, 9.17) is 17.0 Å². The molecule has 2 aromatic rings. The van der Waals surface area contributed by atoms with Crippen LogP contribution < -0.4 is 16.0 Å². The third kappa shape index (κ3) is 7.19. The molecule has 0 unspecified atom stereocenters. The van der Waals surface area contributed by atoms with Crippen molar-refractivity contribution < 1.29 is 40.7 Å². The molecule has 1 aliphatic heterocycles. The minimum Gasteiger partial charge on any atom is -0.459 e. The van der Waals surface area contributed by atoms with Crippen LogP contribution in [-0.2, 0) is 21.9 Å². The molecule has 0 saturated carbocycles. The molecule has 2 aromatic carbocycles. The van der Waals surface area contributed by atoms with E-state index in [2.05, 4.69) is 10.6 Å². The Balaban J connectivity index is 1.81. The van der Waals surface area contributed by atoms with Crippen molar-refractivity contribution >= 4 is 40.7 Å². The van der Waals surface area contributed by atoms with Crippen molar-refractivity contribution in [1.82, 2.24) is 10.2 Å². The van der Waals surface area contributed by atoms with Crippen molar-refractivity contribution in [3.63, 3.8) is 0 Å². The van der Waals surface area contributed by atoms with Crippen molar-refractivity contribution in [2.75, 3.05) is 17.7 Å². The number of esters is 1. The summed E-state index contributed by atoms with van der Waals surface area (Å²) in [4.78, 5) is 26.8. The number of carbonyl (C=O) groups excluding carboxylic acids is 2. The average Bonchev–Trinajstić information content (AvgIpc) is 2.81. The summed E-state index contributed by atoms with van der Waals surface area (Å²) < 4.78 is 83.8. The number of allylic oxidation sites excluding steroid dienone is 1. The Morgan fingerprint density at radius 2 is 1.46 bits per heavy atom. The molecule has 2 amide bonds. The zero-order valence-electron chi connectivity index (χ0n) is 21.0. The fraction of sp³-hybridized carbons (Fsp3) is 0.320. The van der Waals surface area contributed by atoms with Crippen LogP contribution in [0.3, 0.4) is 0 Å². The van der Waals surface area contributed by atoms with Gasteiger partial charge < -0.3 is 25.6 Å². The van der Waals surface area contributed by atoms with Gasteiger partial charge in [0.05, 0.1) is 28.8 Å². The Bertz CT molecular complexity index is 1270. The van der Waals surface area contributed by atoms with E-state index in [-0.39, 0.29) is 17.9 Å². The third-order valence-electron chi connectivity index (χ3n) is 5.66. The van der Waals surface area contributed by atoms with Crippen LogP contribution in [-0.4, -0.2) is 35.2 Å². The van der Waals surface area contributed by atoms with E-state index in [0.29, 0.717) is 34.1 Å². The molecule has 1 aliphatic rings. The Morgan fingerprint density at radius 1 is 0.949 bits per heavy atom. The van der Waals surface area contributed by atoms with E-state index in [1.54, 1.807) is 44.9 Å². The summed E-state index contributed by atoms with van der Waals surface area (Å²) >= 11 is 5.34. The van der Waals surface area contributed by atoms with E-state index < -0.39 is 47.2 Å². The van der Waals surface area contributed by atoms with Gasteiger partial charge in [0.15, 0.2) is 5.11 Å². The van der Waals surface area contributed by atoms with Gasteiger partial charge in [-0.15, -0.1) is 0 Å². The highest BCUT2D eigenvalue weighted by Crippen LogP contribution is 2.37. The zero-order valence-corrected chi connectivity index (χ0v) is 21.9. The molecule has 0 fully saturated rings. The fourth-order valence-corrected chi connectivity index (χ4v) is 3.96. The predicted octanol–water partition coefficient (Wildman–Crippen LogP) is 6.45. The number of hydrogen-bond acceptors (Lipinski definition) is 4. The number of nitrogens with zero attached hydrogens (tertiary/aromatic N) is 1. The molecule has 0 spiro atoms. The van der Waals surface area contributed by atoms with Gasteiger partial charge in [0.25, 0.3) is 0 Å². The molecule has 210 valence electrons. The fourth-order valence-electron chi connectivity index (χ4n) is 3.71. The maximum Gasteiger partial charge on any atom is 0.416 e. The highest BCUT2D eigenvalue weighted by atomic mass is 32.1. The maximum atomic E-state index is 13.1. The standard InChI is InChI=1S/C25H24F6N4O3S/c1-12(2)38-21(36)19-13(3)35(4)23(39)34-20(19)14-5-7-17(8-6-14)32-22(37)33-18-10-15(24(26,27)28)9-16(11-18)25(29,30)31/h5-12,20H,1-4H3,(H,34,39)(H2,32,33,37)/t20-/m0/s1. The van der Waals surface area contributed by atoms with Crippen LogP contribution in [0.1, 0.15) is 43.5 Å². The number of urea groups is 1.